The molecule has 2 amide bonds. The van der Waals surface area contributed by atoms with Crippen LogP contribution in [-0.2, 0) is 9.53 Å². The second-order valence-electron chi connectivity index (χ2n) is 4.79. The van der Waals surface area contributed by atoms with Crippen molar-refractivity contribution >= 4 is 11.8 Å². The van der Waals surface area contributed by atoms with Crippen LogP contribution < -0.4 is 5.32 Å². The molecule has 21 heavy (non-hydrogen) atoms. The summed E-state index contributed by atoms with van der Waals surface area (Å²) in [6, 6.07) is 2.31. The maximum absolute atomic E-state index is 13.1. The Hall–Kier alpha value is -2.15. The standard InChI is InChI=1S/C14H17FN2O4/c1-9(14(20)17-4-6-21-7-5-17)16-13(19)11-8-10(15)2-3-12(11)18/h2-3,8-9,18H,4-7H2,1H3,(H,16,19). The number of nitrogens with one attached hydrogen (secondary N) is 1. The Kier molecular flexibility index (Phi) is 4.74. The molecule has 0 saturated carbocycles. The molecule has 1 unspecified atom stereocenters. The summed E-state index contributed by atoms with van der Waals surface area (Å²) in [6.45, 7) is 3.44. The number of halogens is 1. The third kappa shape index (κ3) is 3.69. The van der Waals surface area contributed by atoms with Gasteiger partial charge in [-0.2, -0.15) is 0 Å². The van der Waals surface area contributed by atoms with Crippen molar-refractivity contribution in [3.05, 3.63) is 29.6 Å². The zero-order valence-electron chi connectivity index (χ0n) is 11.6. The predicted octanol–water partition coefficient (Wildman–Crippen LogP) is 0.508. The van der Waals surface area contributed by atoms with Gasteiger partial charge in [0.1, 0.15) is 17.6 Å². The molecule has 1 aliphatic rings. The summed E-state index contributed by atoms with van der Waals surface area (Å²) in [5, 5.41) is 12.0. The van der Waals surface area contributed by atoms with Crippen molar-refractivity contribution in [2.45, 2.75) is 13.0 Å². The van der Waals surface area contributed by atoms with E-state index in [1.165, 1.54) is 0 Å². The molecule has 1 atom stereocenters. The lowest BCUT2D eigenvalue weighted by molar-refractivity contribution is -0.136. The normalized spacial score (nSPS) is 16.4. The highest BCUT2D eigenvalue weighted by Gasteiger charge is 2.24. The summed E-state index contributed by atoms with van der Waals surface area (Å²) < 4.78 is 18.3. The quantitative estimate of drug-likeness (QED) is 0.852. The molecule has 1 aliphatic heterocycles. The molecule has 0 aliphatic carbocycles. The summed E-state index contributed by atoms with van der Waals surface area (Å²) in [6.07, 6.45) is 0. The third-order valence-electron chi connectivity index (χ3n) is 3.24. The van der Waals surface area contributed by atoms with Gasteiger partial charge >= 0.3 is 0 Å². The highest BCUT2D eigenvalue weighted by atomic mass is 19.1. The molecule has 7 heteroatoms. The van der Waals surface area contributed by atoms with E-state index in [1.807, 2.05) is 0 Å². The van der Waals surface area contributed by atoms with Crippen LogP contribution in [-0.4, -0.2) is 54.2 Å². The van der Waals surface area contributed by atoms with E-state index >= 15 is 0 Å². The van der Waals surface area contributed by atoms with Gasteiger partial charge in [-0.15, -0.1) is 0 Å². The maximum Gasteiger partial charge on any atom is 0.255 e. The number of aromatic hydroxyl groups is 1. The summed E-state index contributed by atoms with van der Waals surface area (Å²) in [5.41, 5.74) is -0.198. The van der Waals surface area contributed by atoms with E-state index in [-0.39, 0.29) is 17.2 Å². The molecule has 1 aromatic carbocycles. The Morgan fingerprint density at radius 2 is 2.05 bits per heavy atom. The summed E-state index contributed by atoms with van der Waals surface area (Å²) in [4.78, 5) is 25.7. The number of phenols is 1. The molecule has 1 heterocycles. The van der Waals surface area contributed by atoms with Crippen LogP contribution in [0.2, 0.25) is 0 Å². The average Bonchev–Trinajstić information content (AvgIpc) is 2.49. The van der Waals surface area contributed by atoms with Gasteiger partial charge in [0.05, 0.1) is 18.8 Å². The lowest BCUT2D eigenvalue weighted by Gasteiger charge is -2.29. The number of hydrogen-bond acceptors (Lipinski definition) is 4. The van der Waals surface area contributed by atoms with Gasteiger partial charge in [0.15, 0.2) is 0 Å². The van der Waals surface area contributed by atoms with Crippen LogP contribution in [0.1, 0.15) is 17.3 Å². The van der Waals surface area contributed by atoms with E-state index in [4.69, 9.17) is 4.74 Å². The van der Waals surface area contributed by atoms with Crippen LogP contribution >= 0.6 is 0 Å². The SMILES string of the molecule is CC(NC(=O)c1cc(F)ccc1O)C(=O)N1CCOCC1. The fraction of sp³-hybridized carbons (Fsp3) is 0.429. The molecule has 0 aromatic heterocycles. The van der Waals surface area contributed by atoms with Gasteiger partial charge in [0.25, 0.3) is 5.91 Å². The van der Waals surface area contributed by atoms with Crippen LogP contribution in [0.3, 0.4) is 0 Å². The molecule has 0 spiro atoms. The number of carbonyl (C=O) groups excluding carboxylic acids is 2. The van der Waals surface area contributed by atoms with E-state index in [2.05, 4.69) is 5.32 Å². The fourth-order valence-electron chi connectivity index (χ4n) is 2.08. The number of ether oxygens (including phenoxy) is 1. The van der Waals surface area contributed by atoms with Gasteiger partial charge in [-0.1, -0.05) is 0 Å². The van der Waals surface area contributed by atoms with Crippen LogP contribution in [0, 0.1) is 5.82 Å². The second-order valence-corrected chi connectivity index (χ2v) is 4.79. The van der Waals surface area contributed by atoms with Gasteiger partial charge in [0.2, 0.25) is 5.91 Å². The Balaban J connectivity index is 2.01. The minimum atomic E-state index is -0.765. The molecule has 1 fully saturated rings. The minimum absolute atomic E-state index is 0.198. The zero-order valence-corrected chi connectivity index (χ0v) is 11.6. The molecule has 0 radical (unpaired) electrons. The molecule has 114 valence electrons. The highest BCUT2D eigenvalue weighted by Crippen LogP contribution is 2.17. The first-order chi connectivity index (χ1) is 9.99. The van der Waals surface area contributed by atoms with Crippen molar-refractivity contribution < 1.29 is 23.8 Å². The average molecular weight is 296 g/mol. The first kappa shape index (κ1) is 15.2. The monoisotopic (exact) mass is 296 g/mol. The van der Waals surface area contributed by atoms with E-state index in [0.717, 1.165) is 18.2 Å². The van der Waals surface area contributed by atoms with Gasteiger partial charge in [-0.3, -0.25) is 9.59 Å². The highest BCUT2D eigenvalue weighted by molar-refractivity contribution is 5.99. The Morgan fingerprint density at radius 1 is 1.38 bits per heavy atom. The first-order valence-corrected chi connectivity index (χ1v) is 6.65. The van der Waals surface area contributed by atoms with Gasteiger partial charge < -0.3 is 20.1 Å². The lowest BCUT2D eigenvalue weighted by atomic mass is 10.1. The molecule has 2 N–H and O–H groups in total. The van der Waals surface area contributed by atoms with Crippen molar-refractivity contribution in [1.82, 2.24) is 10.2 Å². The van der Waals surface area contributed by atoms with Gasteiger partial charge in [-0.25, -0.2) is 4.39 Å². The van der Waals surface area contributed by atoms with Crippen molar-refractivity contribution in [3.8, 4) is 5.75 Å². The number of carbonyl (C=O) groups is 2. The number of benzene rings is 1. The Labute approximate surface area is 121 Å². The van der Waals surface area contributed by atoms with Crippen LogP contribution in [0.25, 0.3) is 0 Å². The molecular weight excluding hydrogens is 279 g/mol. The summed E-state index contributed by atoms with van der Waals surface area (Å²) in [7, 11) is 0. The Bertz CT molecular complexity index is 544. The van der Waals surface area contributed by atoms with Crippen molar-refractivity contribution in [2.24, 2.45) is 0 Å². The molecule has 1 aromatic rings. The van der Waals surface area contributed by atoms with Crippen molar-refractivity contribution in [1.29, 1.82) is 0 Å². The summed E-state index contributed by atoms with van der Waals surface area (Å²) in [5.74, 6) is -1.89. The van der Waals surface area contributed by atoms with Crippen LogP contribution in [0.4, 0.5) is 4.39 Å². The van der Waals surface area contributed by atoms with E-state index in [1.54, 1.807) is 11.8 Å². The van der Waals surface area contributed by atoms with Crippen molar-refractivity contribution in [2.75, 3.05) is 26.3 Å². The molecule has 6 nitrogen and oxygen atoms in total. The van der Waals surface area contributed by atoms with E-state index in [0.29, 0.717) is 26.3 Å². The molecule has 1 saturated heterocycles. The first-order valence-electron chi connectivity index (χ1n) is 6.65. The molecular formula is C14H17FN2O4. The smallest absolute Gasteiger partial charge is 0.255 e. The van der Waals surface area contributed by atoms with E-state index in [9.17, 15) is 19.1 Å². The second kappa shape index (κ2) is 6.53. The third-order valence-corrected chi connectivity index (χ3v) is 3.24. The number of phenolic OH excluding ortho intramolecular Hbond substituents is 1. The number of rotatable bonds is 3. The van der Waals surface area contributed by atoms with Gasteiger partial charge in [-0.05, 0) is 25.1 Å². The Morgan fingerprint density at radius 3 is 2.71 bits per heavy atom. The fourth-order valence-corrected chi connectivity index (χ4v) is 2.08. The zero-order chi connectivity index (χ0) is 15.4. The van der Waals surface area contributed by atoms with Gasteiger partial charge in [0, 0.05) is 13.1 Å². The number of hydrogen-bond donors (Lipinski definition) is 2. The molecule has 2 rings (SSSR count). The van der Waals surface area contributed by atoms with Crippen LogP contribution in [0.5, 0.6) is 5.75 Å². The lowest BCUT2D eigenvalue weighted by Crippen LogP contribution is -2.50. The minimum Gasteiger partial charge on any atom is -0.507 e. The number of nitrogens with zero attached hydrogens (tertiary/aromatic N) is 1. The maximum atomic E-state index is 13.1. The predicted molar refractivity (Wildman–Crippen MR) is 72.4 cm³/mol. The van der Waals surface area contributed by atoms with Crippen molar-refractivity contribution in [3.63, 3.8) is 0 Å². The number of amides is 2. The van der Waals surface area contributed by atoms with E-state index < -0.39 is 17.8 Å². The number of morpholine rings is 1. The molecule has 0 bridgehead atoms. The topological polar surface area (TPSA) is 78.9 Å². The van der Waals surface area contributed by atoms with Crippen LogP contribution in [0.15, 0.2) is 18.2 Å². The largest absolute Gasteiger partial charge is 0.507 e. The summed E-state index contributed by atoms with van der Waals surface area (Å²) >= 11 is 0.